The smallest absolute Gasteiger partial charge is 0.00926 e. The molecule has 0 spiro atoms. The molecule has 0 saturated heterocycles. The summed E-state index contributed by atoms with van der Waals surface area (Å²) in [4.78, 5) is 0. The van der Waals surface area contributed by atoms with Crippen LogP contribution in [-0.2, 0) is 0 Å². The van der Waals surface area contributed by atoms with Gasteiger partial charge in [-0.05, 0) is 135 Å². The Morgan fingerprint density at radius 3 is 0.889 bits per heavy atom. The Kier molecular flexibility index (Phi) is 7.93. The van der Waals surface area contributed by atoms with Crippen LogP contribution in [0.15, 0.2) is 218 Å². The van der Waals surface area contributed by atoms with Crippen molar-refractivity contribution in [3.05, 3.63) is 218 Å². The molecule has 0 saturated carbocycles. The molecule has 54 heavy (non-hydrogen) atoms. The van der Waals surface area contributed by atoms with Gasteiger partial charge in [0.1, 0.15) is 0 Å². The Morgan fingerprint density at radius 1 is 0.167 bits per heavy atom. The first-order chi connectivity index (χ1) is 26.7. The zero-order valence-electron chi connectivity index (χ0n) is 29.8. The van der Waals surface area contributed by atoms with E-state index in [2.05, 4.69) is 218 Å². The monoisotopic (exact) mass is 684 g/mol. The highest BCUT2D eigenvalue weighted by atomic mass is 14.2. The first-order valence-electron chi connectivity index (χ1n) is 18.7. The van der Waals surface area contributed by atoms with E-state index in [1.54, 1.807) is 0 Å². The van der Waals surface area contributed by atoms with E-state index in [9.17, 15) is 0 Å². The van der Waals surface area contributed by atoms with Crippen LogP contribution in [0.4, 0.5) is 0 Å². The van der Waals surface area contributed by atoms with Gasteiger partial charge in [0.05, 0.1) is 0 Å². The molecule has 0 atom stereocenters. The zero-order valence-corrected chi connectivity index (χ0v) is 29.8. The minimum atomic E-state index is 1.20. The summed E-state index contributed by atoms with van der Waals surface area (Å²) in [6, 6.07) is 79.9. The first-order valence-corrected chi connectivity index (χ1v) is 18.7. The molecule has 0 N–H and O–H groups in total. The number of hydrogen-bond acceptors (Lipinski definition) is 0. The Bertz CT molecular complexity index is 2730. The summed E-state index contributed by atoms with van der Waals surface area (Å²) < 4.78 is 0. The predicted octanol–water partition coefficient (Wildman–Crippen LogP) is 15.1. The van der Waals surface area contributed by atoms with Crippen LogP contribution in [0, 0.1) is 0 Å². The van der Waals surface area contributed by atoms with Crippen molar-refractivity contribution >= 4 is 32.3 Å². The molecule has 0 heterocycles. The second-order valence-corrected chi connectivity index (χ2v) is 14.2. The van der Waals surface area contributed by atoms with E-state index in [1.807, 2.05) is 0 Å². The van der Waals surface area contributed by atoms with Crippen LogP contribution in [0.3, 0.4) is 0 Å². The third-order valence-corrected chi connectivity index (χ3v) is 10.8. The van der Waals surface area contributed by atoms with E-state index in [0.29, 0.717) is 0 Å². The highest BCUT2D eigenvalue weighted by molar-refractivity contribution is 6.09. The molecule has 10 aromatic rings. The van der Waals surface area contributed by atoms with Gasteiger partial charge in [-0.3, -0.25) is 0 Å². The third kappa shape index (κ3) is 5.94. The van der Waals surface area contributed by atoms with E-state index in [4.69, 9.17) is 0 Å². The normalized spacial score (nSPS) is 11.3. The molecule has 0 amide bonds. The lowest BCUT2D eigenvalue weighted by molar-refractivity contribution is 1.58. The number of fused-ring (bicyclic) bond motifs is 3. The van der Waals surface area contributed by atoms with Crippen LogP contribution in [-0.4, -0.2) is 0 Å². The first kappa shape index (κ1) is 31.7. The molecule has 10 rings (SSSR count). The zero-order chi connectivity index (χ0) is 35.8. The van der Waals surface area contributed by atoms with Crippen LogP contribution in [0.5, 0.6) is 0 Å². The number of hydrogen-bond donors (Lipinski definition) is 0. The van der Waals surface area contributed by atoms with E-state index in [0.717, 1.165) is 0 Å². The van der Waals surface area contributed by atoms with E-state index in [-0.39, 0.29) is 0 Å². The minimum Gasteiger partial charge on any atom is -0.0622 e. The summed E-state index contributed by atoms with van der Waals surface area (Å²) >= 11 is 0. The highest BCUT2D eigenvalue weighted by Gasteiger charge is 2.16. The van der Waals surface area contributed by atoms with E-state index < -0.39 is 0 Å². The van der Waals surface area contributed by atoms with Gasteiger partial charge in [0.15, 0.2) is 0 Å². The molecule has 0 bridgehead atoms. The largest absolute Gasteiger partial charge is 0.0622 e. The Morgan fingerprint density at radius 2 is 0.481 bits per heavy atom. The standard InChI is InChI=1S/C54H36/c1-3-11-37(12-4-1)49-33-51(43-25-19-41(20-26-43)47-29-23-39-15-7-9-17-45(39)31-47)54-36-50(38-13-5-2-6-14-38)34-52(53(54)35-49)44-27-21-42(22-28-44)48-30-24-40-16-8-10-18-46(40)32-48/h1-36H. The highest BCUT2D eigenvalue weighted by Crippen LogP contribution is 2.42. The average molecular weight is 685 g/mol. The van der Waals surface area contributed by atoms with Gasteiger partial charge in [0, 0.05) is 0 Å². The van der Waals surface area contributed by atoms with Crippen LogP contribution < -0.4 is 0 Å². The Balaban J connectivity index is 1.15. The van der Waals surface area contributed by atoms with Crippen molar-refractivity contribution in [2.45, 2.75) is 0 Å². The topological polar surface area (TPSA) is 0 Å². The van der Waals surface area contributed by atoms with Gasteiger partial charge in [0.25, 0.3) is 0 Å². The molecule has 0 heteroatoms. The fourth-order valence-corrected chi connectivity index (χ4v) is 7.96. The molecule has 0 aliphatic heterocycles. The van der Waals surface area contributed by atoms with Crippen LogP contribution >= 0.6 is 0 Å². The number of benzene rings is 10. The van der Waals surface area contributed by atoms with Gasteiger partial charge >= 0.3 is 0 Å². The average Bonchev–Trinajstić information content (AvgIpc) is 3.26. The second kappa shape index (κ2) is 13.5. The molecular formula is C54H36. The summed E-state index contributed by atoms with van der Waals surface area (Å²) in [5.74, 6) is 0. The lowest BCUT2D eigenvalue weighted by Crippen LogP contribution is -1.91. The minimum absolute atomic E-state index is 1.20. The van der Waals surface area contributed by atoms with Crippen molar-refractivity contribution in [3.8, 4) is 66.8 Å². The van der Waals surface area contributed by atoms with Crippen molar-refractivity contribution in [2.75, 3.05) is 0 Å². The molecule has 0 nitrogen and oxygen atoms in total. The maximum absolute atomic E-state index is 2.39. The van der Waals surface area contributed by atoms with Crippen molar-refractivity contribution in [2.24, 2.45) is 0 Å². The molecule has 0 unspecified atom stereocenters. The molecule has 10 aromatic carbocycles. The van der Waals surface area contributed by atoms with Gasteiger partial charge in [-0.2, -0.15) is 0 Å². The Hall–Kier alpha value is -7.02. The summed E-state index contributed by atoms with van der Waals surface area (Å²) in [5, 5.41) is 7.51. The van der Waals surface area contributed by atoms with Crippen LogP contribution in [0.1, 0.15) is 0 Å². The maximum atomic E-state index is 2.39. The van der Waals surface area contributed by atoms with Crippen LogP contribution in [0.25, 0.3) is 99.1 Å². The molecule has 0 aliphatic rings. The van der Waals surface area contributed by atoms with Crippen molar-refractivity contribution < 1.29 is 0 Å². The molecular weight excluding hydrogens is 649 g/mol. The molecule has 0 radical (unpaired) electrons. The molecule has 0 aliphatic carbocycles. The van der Waals surface area contributed by atoms with Gasteiger partial charge in [0.2, 0.25) is 0 Å². The molecule has 0 fully saturated rings. The van der Waals surface area contributed by atoms with Gasteiger partial charge < -0.3 is 0 Å². The van der Waals surface area contributed by atoms with Gasteiger partial charge in [-0.1, -0.05) is 182 Å². The fraction of sp³-hybridized carbons (Fsp3) is 0. The van der Waals surface area contributed by atoms with Crippen molar-refractivity contribution in [3.63, 3.8) is 0 Å². The van der Waals surface area contributed by atoms with Crippen molar-refractivity contribution in [1.29, 1.82) is 0 Å². The SMILES string of the molecule is c1ccc(-c2cc(-c3ccc(-c4ccc5ccccc5c4)cc3)c3cc(-c4ccccc4)cc(-c4ccc(-c5ccc6ccccc6c5)cc4)c3c2)cc1. The number of rotatable bonds is 6. The summed E-state index contributed by atoms with van der Waals surface area (Å²) in [5.41, 5.74) is 14.6. The van der Waals surface area contributed by atoms with Gasteiger partial charge in [-0.25, -0.2) is 0 Å². The fourth-order valence-electron chi connectivity index (χ4n) is 7.96. The van der Waals surface area contributed by atoms with E-state index in [1.165, 1.54) is 99.1 Å². The summed E-state index contributed by atoms with van der Waals surface area (Å²) in [6.07, 6.45) is 0. The lowest BCUT2D eigenvalue weighted by atomic mass is 9.86. The second-order valence-electron chi connectivity index (χ2n) is 14.2. The summed E-state index contributed by atoms with van der Waals surface area (Å²) in [7, 11) is 0. The summed E-state index contributed by atoms with van der Waals surface area (Å²) in [6.45, 7) is 0. The predicted molar refractivity (Wildman–Crippen MR) is 232 cm³/mol. The lowest BCUT2D eigenvalue weighted by Gasteiger charge is -2.18. The molecule has 252 valence electrons. The quantitative estimate of drug-likeness (QED) is 0.164. The third-order valence-electron chi connectivity index (χ3n) is 10.8. The van der Waals surface area contributed by atoms with Crippen LogP contribution in [0.2, 0.25) is 0 Å². The van der Waals surface area contributed by atoms with Gasteiger partial charge in [-0.15, -0.1) is 0 Å². The van der Waals surface area contributed by atoms with Crippen molar-refractivity contribution in [1.82, 2.24) is 0 Å². The van der Waals surface area contributed by atoms with E-state index >= 15 is 0 Å². The maximum Gasteiger partial charge on any atom is -0.00926 e. The Labute approximate surface area is 316 Å². The molecule has 0 aromatic heterocycles.